The third-order valence-electron chi connectivity index (χ3n) is 2.11. The van der Waals surface area contributed by atoms with Gasteiger partial charge in [0.2, 0.25) is 0 Å². The summed E-state index contributed by atoms with van der Waals surface area (Å²) in [6.07, 6.45) is 10.9. The third-order valence-corrected chi connectivity index (χ3v) is 3.23. The lowest BCUT2D eigenvalue weighted by Crippen LogP contribution is -1.78. The van der Waals surface area contributed by atoms with Crippen molar-refractivity contribution in [2.75, 3.05) is 5.75 Å². The van der Waals surface area contributed by atoms with Gasteiger partial charge in [0.25, 0.3) is 0 Å². The molecule has 0 saturated heterocycles. The lowest BCUT2D eigenvalue weighted by Gasteiger charge is -1.96. The van der Waals surface area contributed by atoms with Crippen molar-refractivity contribution in [3.8, 4) is 12.3 Å². The van der Waals surface area contributed by atoms with Gasteiger partial charge in [0.15, 0.2) is 0 Å². The number of rotatable bonds is 1. The molecule has 14 heavy (non-hydrogen) atoms. The summed E-state index contributed by atoms with van der Waals surface area (Å²) in [5, 5.41) is 0. The Hall–Kier alpha value is -1.39. The third kappa shape index (κ3) is 1.76. The Balaban J connectivity index is 2.31. The van der Waals surface area contributed by atoms with Gasteiger partial charge in [-0.1, -0.05) is 36.3 Å². The number of fused-ring (bicyclic) bond motifs is 1. The van der Waals surface area contributed by atoms with Gasteiger partial charge in [0.05, 0.1) is 0 Å². The van der Waals surface area contributed by atoms with Gasteiger partial charge in [-0.25, -0.2) is 0 Å². The van der Waals surface area contributed by atoms with Crippen LogP contribution in [0.4, 0.5) is 0 Å². The van der Waals surface area contributed by atoms with Crippen LogP contribution in [0, 0.1) is 12.3 Å². The van der Waals surface area contributed by atoms with E-state index in [1.165, 1.54) is 16.0 Å². The normalized spacial score (nSPS) is 17.2. The first-order valence-corrected chi connectivity index (χ1v) is 5.44. The quantitative estimate of drug-likeness (QED) is 0.623. The molecular formula is C13H10S. The number of terminal acetylenes is 1. The summed E-state index contributed by atoms with van der Waals surface area (Å²) in [7, 11) is 0. The van der Waals surface area contributed by atoms with E-state index in [9.17, 15) is 0 Å². The monoisotopic (exact) mass is 198 g/mol. The van der Waals surface area contributed by atoms with Crippen molar-refractivity contribution in [3.63, 3.8) is 0 Å². The lowest BCUT2D eigenvalue weighted by molar-refractivity contribution is 1.43. The zero-order valence-corrected chi connectivity index (χ0v) is 8.55. The van der Waals surface area contributed by atoms with Crippen molar-refractivity contribution in [1.29, 1.82) is 0 Å². The molecule has 1 heterocycles. The SMILES string of the molecule is C#C/C=C\C=C1/CSc2ccccc21. The van der Waals surface area contributed by atoms with Gasteiger partial charge in [0.1, 0.15) is 0 Å². The predicted octanol–water partition coefficient (Wildman–Crippen LogP) is 3.37. The minimum atomic E-state index is 1.05. The van der Waals surface area contributed by atoms with Crippen LogP contribution in [-0.2, 0) is 0 Å². The molecule has 1 aromatic carbocycles. The van der Waals surface area contributed by atoms with Crippen molar-refractivity contribution >= 4 is 17.3 Å². The second-order valence-electron chi connectivity index (χ2n) is 3.00. The Kier molecular flexibility index (Phi) is 2.76. The van der Waals surface area contributed by atoms with Crippen LogP contribution in [0.25, 0.3) is 5.57 Å². The van der Waals surface area contributed by atoms with Gasteiger partial charge in [-0.3, -0.25) is 0 Å². The van der Waals surface area contributed by atoms with Gasteiger partial charge in [0, 0.05) is 10.6 Å². The zero-order chi connectivity index (χ0) is 9.80. The minimum absolute atomic E-state index is 1.05. The highest BCUT2D eigenvalue weighted by atomic mass is 32.2. The molecule has 0 saturated carbocycles. The summed E-state index contributed by atoms with van der Waals surface area (Å²) >= 11 is 1.88. The largest absolute Gasteiger partial charge is 0.121 e. The molecule has 1 aliphatic rings. The van der Waals surface area contributed by atoms with Crippen LogP contribution in [0.5, 0.6) is 0 Å². The van der Waals surface area contributed by atoms with Crippen LogP contribution >= 0.6 is 11.8 Å². The highest BCUT2D eigenvalue weighted by molar-refractivity contribution is 8.00. The molecule has 0 spiro atoms. The molecule has 0 fully saturated rings. The first-order valence-electron chi connectivity index (χ1n) is 4.46. The van der Waals surface area contributed by atoms with E-state index in [4.69, 9.17) is 6.42 Å². The Morgan fingerprint density at radius 2 is 2.21 bits per heavy atom. The second kappa shape index (κ2) is 4.21. The molecule has 0 aliphatic carbocycles. The maximum Gasteiger partial charge on any atom is 0.0238 e. The molecule has 0 atom stereocenters. The molecule has 68 valence electrons. The molecule has 0 radical (unpaired) electrons. The van der Waals surface area contributed by atoms with Gasteiger partial charge in [-0.2, -0.15) is 0 Å². The van der Waals surface area contributed by atoms with E-state index < -0.39 is 0 Å². The minimum Gasteiger partial charge on any atom is -0.121 e. The fraction of sp³-hybridized carbons (Fsp3) is 0.0769. The molecule has 0 bridgehead atoms. The van der Waals surface area contributed by atoms with Crippen molar-refractivity contribution in [2.45, 2.75) is 4.90 Å². The van der Waals surface area contributed by atoms with Gasteiger partial charge >= 0.3 is 0 Å². The van der Waals surface area contributed by atoms with E-state index >= 15 is 0 Å². The number of hydrogen-bond acceptors (Lipinski definition) is 1. The van der Waals surface area contributed by atoms with Crippen molar-refractivity contribution < 1.29 is 0 Å². The van der Waals surface area contributed by atoms with E-state index in [2.05, 4.69) is 36.3 Å². The smallest absolute Gasteiger partial charge is 0.0238 e. The Bertz CT molecular complexity index is 433. The lowest BCUT2D eigenvalue weighted by atomic mass is 10.1. The molecule has 0 unspecified atom stereocenters. The molecule has 0 aromatic heterocycles. The summed E-state index contributed by atoms with van der Waals surface area (Å²) < 4.78 is 0. The summed E-state index contributed by atoms with van der Waals surface area (Å²) in [6, 6.07) is 8.46. The number of allylic oxidation sites excluding steroid dienone is 3. The highest BCUT2D eigenvalue weighted by Gasteiger charge is 2.14. The van der Waals surface area contributed by atoms with Gasteiger partial charge in [-0.15, -0.1) is 18.2 Å². The Morgan fingerprint density at radius 1 is 1.36 bits per heavy atom. The maximum atomic E-state index is 5.14. The summed E-state index contributed by atoms with van der Waals surface area (Å²) in [6.45, 7) is 0. The van der Waals surface area contributed by atoms with Gasteiger partial charge < -0.3 is 0 Å². The van der Waals surface area contributed by atoms with Crippen LogP contribution in [0.3, 0.4) is 0 Å². The Labute approximate surface area is 88.7 Å². The van der Waals surface area contributed by atoms with E-state index in [1.54, 1.807) is 6.08 Å². The molecule has 2 rings (SSSR count). The summed E-state index contributed by atoms with van der Waals surface area (Å²) in [4.78, 5) is 1.37. The van der Waals surface area contributed by atoms with E-state index in [0.29, 0.717) is 0 Å². The average Bonchev–Trinajstić information content (AvgIpc) is 2.63. The van der Waals surface area contributed by atoms with Crippen LogP contribution in [0.2, 0.25) is 0 Å². The number of thioether (sulfide) groups is 1. The van der Waals surface area contributed by atoms with E-state index in [-0.39, 0.29) is 0 Å². The first-order chi connectivity index (χ1) is 6.92. The molecular weight excluding hydrogens is 188 g/mol. The molecule has 0 N–H and O–H groups in total. The fourth-order valence-corrected chi connectivity index (χ4v) is 2.54. The molecule has 1 aromatic rings. The van der Waals surface area contributed by atoms with Crippen LogP contribution in [0.15, 0.2) is 47.4 Å². The summed E-state index contributed by atoms with van der Waals surface area (Å²) in [5.74, 6) is 3.53. The van der Waals surface area contributed by atoms with Crippen LogP contribution < -0.4 is 0 Å². The molecule has 0 nitrogen and oxygen atoms in total. The van der Waals surface area contributed by atoms with Gasteiger partial charge in [-0.05, 0) is 23.3 Å². The first kappa shape index (κ1) is 9.18. The fourth-order valence-electron chi connectivity index (χ4n) is 1.45. The van der Waals surface area contributed by atoms with Crippen molar-refractivity contribution in [1.82, 2.24) is 0 Å². The average molecular weight is 198 g/mol. The summed E-state index contributed by atoms with van der Waals surface area (Å²) in [5.41, 5.74) is 2.70. The van der Waals surface area contributed by atoms with E-state index in [1.807, 2.05) is 17.8 Å². The van der Waals surface area contributed by atoms with E-state index in [0.717, 1.165) is 5.75 Å². The van der Waals surface area contributed by atoms with Crippen molar-refractivity contribution in [3.05, 3.63) is 48.1 Å². The number of benzene rings is 1. The predicted molar refractivity (Wildman–Crippen MR) is 63.1 cm³/mol. The Morgan fingerprint density at radius 3 is 3.07 bits per heavy atom. The van der Waals surface area contributed by atoms with Crippen molar-refractivity contribution in [2.24, 2.45) is 0 Å². The molecule has 0 amide bonds. The second-order valence-corrected chi connectivity index (χ2v) is 4.02. The van der Waals surface area contributed by atoms with Crippen LogP contribution in [0.1, 0.15) is 5.56 Å². The topological polar surface area (TPSA) is 0 Å². The molecule has 1 heteroatoms. The molecule has 1 aliphatic heterocycles. The highest BCUT2D eigenvalue weighted by Crippen LogP contribution is 2.38. The maximum absolute atomic E-state index is 5.14. The van der Waals surface area contributed by atoms with Crippen LogP contribution in [-0.4, -0.2) is 5.75 Å². The number of hydrogen-bond donors (Lipinski definition) is 0. The standard InChI is InChI=1S/C13H10S/c1-2-3-4-7-11-10-14-13-9-6-5-8-12(11)13/h1,3-9H,10H2/b4-3-,11-7+. The zero-order valence-electron chi connectivity index (χ0n) is 7.73.